The second-order valence-corrected chi connectivity index (χ2v) is 38.1. The summed E-state index contributed by atoms with van der Waals surface area (Å²) in [6, 6.07) is 31.7. The van der Waals surface area contributed by atoms with Crippen LogP contribution in [0, 0.1) is 0 Å². The fourth-order valence-electron chi connectivity index (χ4n) is 11.0. The van der Waals surface area contributed by atoms with E-state index in [2.05, 4.69) is 110 Å². The molecular weight excluding hydrogens is 1920 g/mol. The van der Waals surface area contributed by atoms with Gasteiger partial charge in [-0.2, -0.15) is 60.3 Å². The summed E-state index contributed by atoms with van der Waals surface area (Å²) in [4.78, 5) is 47.9. The van der Waals surface area contributed by atoms with Gasteiger partial charge in [0.1, 0.15) is 60.4 Å². The summed E-state index contributed by atoms with van der Waals surface area (Å²) >= 11 is 15.1. The molecule has 59 heteroatoms. The Hall–Kier alpha value is -10.8. The number of ether oxygens (including phenoxy) is 1. The summed E-state index contributed by atoms with van der Waals surface area (Å²) in [6.45, 7) is -0.000859. The highest BCUT2D eigenvalue weighted by atomic mass is 35.5. The highest BCUT2D eigenvalue weighted by Gasteiger charge is 2.29. The summed E-state index contributed by atoms with van der Waals surface area (Å²) in [5.74, 6) is -5.55. The average Bonchev–Trinajstić information content (AvgIpc) is 0.749. The van der Waals surface area contributed by atoms with E-state index in [4.69, 9.17) is 57.8 Å². The second-order valence-electron chi connectivity index (χ2n) is 25.3. The molecule has 0 saturated carbocycles. The van der Waals surface area contributed by atoms with Crippen LogP contribution in [-0.4, -0.2) is 179 Å². The summed E-state index contributed by atoms with van der Waals surface area (Å²) in [6.07, 6.45) is 0.0271. The van der Waals surface area contributed by atoms with E-state index in [0.29, 0.717) is 45.3 Å². The molecule has 11 aromatic rings. The standard InChI is InChI=1S/C68H60Cl2N18O29S10/c1-88(22-3-24-123(96,97)34-35-4-20-49(109-2)47(26-35)83-87-59-52(126(103,104)105)29-36-27-41(11-19-46(36)61(59)91)74-67-78-63(69)76-65(80-67)72-38-5-13-43(14-6-38)120-110-54(89)32-118-115-112-93)23-25-124(98,99)45-17-9-40(10-18-45)82-86-60-53(127(106,107)108)30-37-28-50(122-117-114-95)58(57(71)56(37)62(60)92)85-84-48-31-42(12-21-51(48)125(100,101)102)75-68-79-64(70)77-66(81-68)73-39-7-15-44(16-8-39)121-111-55(90)33-119-116-113-94/h4-21,26-31,91-95H,3,22-25,32-34,71H2,1-2H3,(H,100,101,102)(H,103,104,105)(H,106,107,108)(H2,72,74,76,78,80)(H2,73,75,77,79,81). The number of benzene rings is 9. The van der Waals surface area contributed by atoms with Crippen molar-refractivity contribution in [2.24, 2.45) is 30.7 Å². The van der Waals surface area contributed by atoms with E-state index in [-0.39, 0.29) is 143 Å². The van der Waals surface area contributed by atoms with E-state index in [1.165, 1.54) is 61.7 Å². The lowest BCUT2D eigenvalue weighted by molar-refractivity contribution is -0.432. The number of carbonyl (C=O) groups excluding carboxylic acids is 2. The number of nitrogens with two attached hydrogens (primary N) is 1. The number of anilines is 9. The maximum atomic E-state index is 13.7. The van der Waals surface area contributed by atoms with Gasteiger partial charge >= 0.3 is 11.9 Å². The quantitative estimate of drug-likeness (QED) is 0.00321. The van der Waals surface area contributed by atoms with Gasteiger partial charge in [-0.15, -0.1) is 38.6 Å². The molecule has 47 nitrogen and oxygen atoms in total. The van der Waals surface area contributed by atoms with Crippen molar-refractivity contribution in [2.75, 3.05) is 77.3 Å². The molecule has 2 heterocycles. The number of rotatable bonds is 43. The van der Waals surface area contributed by atoms with Crippen molar-refractivity contribution in [2.45, 2.75) is 46.4 Å². The van der Waals surface area contributed by atoms with Crippen LogP contribution in [0.4, 0.5) is 86.4 Å². The molecule has 14 N–H and O–H groups in total. The number of halogens is 2. The van der Waals surface area contributed by atoms with E-state index >= 15 is 0 Å². The number of hydrogen-bond donors (Lipinski definition) is 13. The van der Waals surface area contributed by atoms with Gasteiger partial charge in [-0.3, -0.25) is 23.2 Å². The smallest absolute Gasteiger partial charge is 0.330 e. The molecule has 0 radical (unpaired) electrons. The van der Waals surface area contributed by atoms with Crippen LogP contribution in [-0.2, 0) is 102 Å². The molecular formula is C68H60Cl2N18O29S10. The number of fused-ring (bicyclic) bond motifs is 2. The third-order valence-corrected chi connectivity index (χ3v) is 26.1. The Morgan fingerprint density at radius 3 is 1.52 bits per heavy atom. The van der Waals surface area contributed by atoms with Gasteiger partial charge in [-0.1, -0.05) is 21.2 Å². The number of nitrogens with one attached hydrogen (secondary N) is 4. The Bertz CT molecular complexity index is 6670. The average molecular weight is 1980 g/mol. The van der Waals surface area contributed by atoms with Crippen LogP contribution in [0.3, 0.4) is 0 Å². The Kier molecular flexibility index (Phi) is 33.1. The molecule has 0 bridgehead atoms. The normalized spacial score (nSPS) is 12.3. The first-order valence-electron chi connectivity index (χ1n) is 34.7. The fourth-order valence-corrected chi connectivity index (χ4v) is 18.1. The topological polar surface area (TPSA) is 679 Å². The number of methoxy groups -OCH3 is 1. The molecule has 0 aliphatic rings. The zero-order valence-electron chi connectivity index (χ0n) is 63.9. The van der Waals surface area contributed by atoms with Crippen molar-refractivity contribution in [3.63, 3.8) is 0 Å². The van der Waals surface area contributed by atoms with E-state index in [9.17, 15) is 75.5 Å². The Morgan fingerprint density at radius 1 is 0.496 bits per heavy atom. The first-order valence-corrected chi connectivity index (χ1v) is 47.3. The number of nitrogens with zero attached hydrogens (tertiary/aromatic N) is 13. The van der Waals surface area contributed by atoms with E-state index in [0.717, 1.165) is 66.6 Å². The number of aromatic nitrogens is 6. The lowest BCUT2D eigenvalue weighted by Crippen LogP contribution is -2.28. The summed E-state index contributed by atoms with van der Waals surface area (Å²) in [7, 11) is -20.8. The number of azo groups is 3. The minimum Gasteiger partial charge on any atom is -0.505 e. The largest absolute Gasteiger partial charge is 0.505 e. The van der Waals surface area contributed by atoms with Gasteiger partial charge in [0.05, 0.1) is 87.0 Å². The van der Waals surface area contributed by atoms with Crippen molar-refractivity contribution >= 4 is 253 Å². The third-order valence-electron chi connectivity index (χ3n) is 16.6. The molecule has 0 aliphatic carbocycles. The zero-order valence-corrected chi connectivity index (χ0v) is 73.6. The third kappa shape index (κ3) is 27.2. The van der Waals surface area contributed by atoms with Gasteiger partial charge in [0.2, 0.25) is 34.4 Å². The molecule has 9 aromatic carbocycles. The summed E-state index contributed by atoms with van der Waals surface area (Å²) < 4.78 is 191. The minimum absolute atomic E-state index is 0.00956. The molecule has 0 unspecified atom stereocenters. The lowest BCUT2D eigenvalue weighted by Gasteiger charge is -2.16. The molecule has 127 heavy (non-hydrogen) atoms. The van der Waals surface area contributed by atoms with Crippen LogP contribution in [0.15, 0.2) is 211 Å². The number of nitrogen functional groups attached to an aromatic ring is 1. The van der Waals surface area contributed by atoms with Gasteiger partial charge in [0.25, 0.3) is 30.4 Å². The predicted molar refractivity (Wildman–Crippen MR) is 460 cm³/mol. The SMILES string of the molecule is COc1ccc(CS(=O)(=O)CCCN(C)CCS(=O)(=O)c2ccc(N=Nc3c(S(=O)(=O)O)cc4cc(SOOO)c(N=Nc5cc(Nc6nc(Cl)nc(Nc7ccc(SOC(=O)CSOOO)cc7)n6)ccc5S(=O)(=O)O)c(N)c4c3O)cc2)cc1N=Nc1c(S(=O)(=O)O)cc2cc(Nc3nc(Cl)nc(Nc4ccc(SOC(=O)CSOOO)cc4)n3)ccc2c1O. The second kappa shape index (κ2) is 43.3. The van der Waals surface area contributed by atoms with Crippen LogP contribution in [0.25, 0.3) is 21.5 Å². The number of carbonyl (C=O) groups is 2. The highest BCUT2D eigenvalue weighted by Crippen LogP contribution is 2.51. The first kappa shape index (κ1) is 96.8. The predicted octanol–water partition coefficient (Wildman–Crippen LogP) is 15.0. The van der Waals surface area contributed by atoms with Gasteiger partial charge in [-0.05, 0) is 199 Å². The summed E-state index contributed by atoms with van der Waals surface area (Å²) in [5.41, 5.74) is 4.36. The van der Waals surface area contributed by atoms with E-state index in [1.54, 1.807) is 60.5 Å². The molecule has 11 rings (SSSR count). The Morgan fingerprint density at radius 2 is 0.984 bits per heavy atom. The van der Waals surface area contributed by atoms with Crippen LogP contribution >= 0.6 is 83.4 Å². The maximum absolute atomic E-state index is 13.7. The van der Waals surface area contributed by atoms with Crippen LogP contribution in [0.5, 0.6) is 17.2 Å². The van der Waals surface area contributed by atoms with Crippen molar-refractivity contribution < 1.29 is 133 Å². The molecule has 0 spiro atoms. The number of aromatic hydroxyl groups is 2. The first-order chi connectivity index (χ1) is 60.3. The molecule has 2 aromatic heterocycles. The molecule has 0 aliphatic heterocycles. The molecule has 670 valence electrons. The molecule has 0 saturated heterocycles. The number of hydrogen-bond acceptors (Lipinski definition) is 49. The zero-order chi connectivity index (χ0) is 91.5. The lowest BCUT2D eigenvalue weighted by atomic mass is 10.1. The molecule has 0 amide bonds. The van der Waals surface area contributed by atoms with Crippen LogP contribution in [0.1, 0.15) is 12.0 Å². The Labute approximate surface area is 748 Å². The van der Waals surface area contributed by atoms with Gasteiger partial charge in [-0.25, -0.2) is 32.6 Å². The number of sulfone groups is 2. The maximum Gasteiger partial charge on any atom is 0.330 e. The van der Waals surface area contributed by atoms with E-state index < -0.39 is 133 Å². The van der Waals surface area contributed by atoms with Crippen molar-refractivity contribution in [1.29, 1.82) is 0 Å². The van der Waals surface area contributed by atoms with E-state index in [1.807, 2.05) is 0 Å². The van der Waals surface area contributed by atoms with Gasteiger partial charge in [0, 0.05) is 68.6 Å². The number of phenols is 2. The number of phenolic OH excluding ortho intramolecular Hbond substituents is 2. The monoisotopic (exact) mass is 1980 g/mol. The summed E-state index contributed by atoms with van der Waals surface area (Å²) in [5, 5.41) is 93.9. The fraction of sp³-hybridized carbons (Fsp3) is 0.147. The van der Waals surface area contributed by atoms with Crippen molar-refractivity contribution in [1.82, 2.24) is 34.8 Å². The molecule has 0 atom stereocenters. The van der Waals surface area contributed by atoms with Crippen molar-refractivity contribution in [3.8, 4) is 17.2 Å². The van der Waals surface area contributed by atoms with Crippen molar-refractivity contribution in [3.05, 3.63) is 162 Å². The molecule has 0 fully saturated rings. The van der Waals surface area contributed by atoms with Crippen LogP contribution in [0.2, 0.25) is 10.6 Å². The van der Waals surface area contributed by atoms with Gasteiger partial charge in [0.15, 0.2) is 31.2 Å². The highest BCUT2D eigenvalue weighted by molar-refractivity contribution is 7.97. The van der Waals surface area contributed by atoms with Gasteiger partial charge < -0.3 is 55.2 Å². The Balaban J connectivity index is 0.714. The van der Waals surface area contributed by atoms with Crippen LogP contribution < -0.4 is 31.7 Å². The minimum atomic E-state index is -5.32.